The summed E-state index contributed by atoms with van der Waals surface area (Å²) in [5.41, 5.74) is 2.10. The molecule has 1 atom stereocenters. The highest BCUT2D eigenvalue weighted by molar-refractivity contribution is 5.50. The molecule has 0 heterocycles. The van der Waals surface area contributed by atoms with Gasteiger partial charge in [0.2, 0.25) is 0 Å². The molecule has 1 aliphatic rings. The fourth-order valence-electron chi connectivity index (χ4n) is 4.51. The molecular weight excluding hydrogens is 308 g/mol. The number of phenols is 2. The van der Waals surface area contributed by atoms with Gasteiger partial charge in [-0.2, -0.15) is 0 Å². The van der Waals surface area contributed by atoms with Crippen LogP contribution in [-0.4, -0.2) is 10.2 Å². The number of phenolic OH excluding ortho intramolecular Hbond substituents is 2. The lowest BCUT2D eigenvalue weighted by Crippen LogP contribution is -2.22. The van der Waals surface area contributed by atoms with Gasteiger partial charge in [0.25, 0.3) is 0 Å². The second-order valence-electron chi connectivity index (χ2n) is 9.58. The number of hydrogen-bond donors (Lipinski definition) is 2. The van der Waals surface area contributed by atoms with E-state index in [4.69, 9.17) is 0 Å². The summed E-state index contributed by atoms with van der Waals surface area (Å²) in [4.78, 5) is 0. The first-order valence-corrected chi connectivity index (χ1v) is 10.2. The third-order valence-electron chi connectivity index (χ3n) is 6.19. The molecule has 0 aromatic heterocycles. The van der Waals surface area contributed by atoms with Crippen molar-refractivity contribution in [2.75, 3.05) is 0 Å². The van der Waals surface area contributed by atoms with Crippen molar-refractivity contribution >= 4 is 0 Å². The topological polar surface area (TPSA) is 40.5 Å². The Morgan fingerprint density at radius 3 is 2.28 bits per heavy atom. The highest BCUT2D eigenvalue weighted by Crippen LogP contribution is 2.49. The van der Waals surface area contributed by atoms with Crippen LogP contribution < -0.4 is 0 Å². The first-order chi connectivity index (χ1) is 11.7. The van der Waals surface area contributed by atoms with Crippen LogP contribution in [0.2, 0.25) is 0 Å². The zero-order valence-corrected chi connectivity index (χ0v) is 17.0. The molecule has 25 heavy (non-hydrogen) atoms. The lowest BCUT2D eigenvalue weighted by molar-refractivity contribution is 0.215. The third-order valence-corrected chi connectivity index (χ3v) is 6.19. The van der Waals surface area contributed by atoms with Gasteiger partial charge in [0.15, 0.2) is 0 Å². The maximum absolute atomic E-state index is 10.7. The summed E-state index contributed by atoms with van der Waals surface area (Å²) in [7, 11) is 0. The van der Waals surface area contributed by atoms with Gasteiger partial charge in [0.1, 0.15) is 11.5 Å². The maximum Gasteiger partial charge on any atom is 0.123 e. The average Bonchev–Trinajstić information content (AvgIpc) is 2.50. The van der Waals surface area contributed by atoms with Gasteiger partial charge in [0.05, 0.1) is 0 Å². The van der Waals surface area contributed by atoms with Crippen molar-refractivity contribution < 1.29 is 10.2 Å². The van der Waals surface area contributed by atoms with E-state index >= 15 is 0 Å². The van der Waals surface area contributed by atoms with Crippen molar-refractivity contribution in [1.82, 2.24) is 0 Å². The van der Waals surface area contributed by atoms with E-state index in [1.54, 1.807) is 0 Å². The highest BCUT2D eigenvalue weighted by Gasteiger charge is 2.32. The number of unbranched alkanes of at least 4 members (excludes halogenated alkanes) is 3. The zero-order chi connectivity index (χ0) is 18.7. The molecule has 0 spiro atoms. The largest absolute Gasteiger partial charge is 0.508 e. The molecule has 2 heteroatoms. The van der Waals surface area contributed by atoms with E-state index in [-0.39, 0.29) is 11.3 Å². The second kappa shape index (κ2) is 8.01. The minimum Gasteiger partial charge on any atom is -0.508 e. The fourth-order valence-corrected chi connectivity index (χ4v) is 4.51. The van der Waals surface area contributed by atoms with E-state index in [2.05, 4.69) is 34.6 Å². The van der Waals surface area contributed by atoms with Gasteiger partial charge in [-0.15, -0.1) is 0 Å². The predicted octanol–water partition coefficient (Wildman–Crippen LogP) is 7.03. The van der Waals surface area contributed by atoms with Crippen LogP contribution in [0.3, 0.4) is 0 Å². The van der Waals surface area contributed by atoms with Crippen LogP contribution in [-0.2, 0) is 5.41 Å². The molecular formula is C23H38O2. The normalized spacial score (nSPS) is 20.6. The lowest BCUT2D eigenvalue weighted by Gasteiger charge is -2.36. The Labute approximate surface area is 154 Å². The molecule has 142 valence electrons. The Balaban J connectivity index is 2.19. The Hall–Kier alpha value is -1.18. The summed E-state index contributed by atoms with van der Waals surface area (Å²) in [6.45, 7) is 11.3. The Kier molecular flexibility index (Phi) is 6.45. The van der Waals surface area contributed by atoms with Crippen molar-refractivity contribution in [3.05, 3.63) is 23.3 Å². The smallest absolute Gasteiger partial charge is 0.123 e. The van der Waals surface area contributed by atoms with Crippen LogP contribution >= 0.6 is 0 Å². The molecule has 2 nitrogen and oxygen atoms in total. The summed E-state index contributed by atoms with van der Waals surface area (Å²) >= 11 is 0. The van der Waals surface area contributed by atoms with E-state index in [1.807, 2.05) is 12.1 Å². The minimum absolute atomic E-state index is 0.0208. The van der Waals surface area contributed by atoms with Gasteiger partial charge in [-0.3, -0.25) is 0 Å². The summed E-state index contributed by atoms with van der Waals surface area (Å²) < 4.78 is 0. The molecule has 1 aromatic rings. The highest BCUT2D eigenvalue weighted by atomic mass is 16.3. The monoisotopic (exact) mass is 346 g/mol. The van der Waals surface area contributed by atoms with E-state index in [0.29, 0.717) is 16.9 Å². The van der Waals surface area contributed by atoms with Crippen LogP contribution in [0, 0.1) is 5.41 Å². The van der Waals surface area contributed by atoms with Crippen molar-refractivity contribution in [3.8, 4) is 11.5 Å². The molecule has 2 N–H and O–H groups in total. The summed E-state index contributed by atoms with van der Waals surface area (Å²) in [6, 6.07) is 3.83. The standard InChI is InChI=1S/C23H38O2/c1-6-7-8-9-13-23(4,5)18-14-19(24)21(20(25)15-18)17-11-10-12-22(2,3)16-17/h14-15,17,24-25H,6-13,16H2,1-5H3. The second-order valence-corrected chi connectivity index (χ2v) is 9.58. The van der Waals surface area contributed by atoms with E-state index < -0.39 is 0 Å². The molecule has 1 aliphatic carbocycles. The Bertz CT molecular complexity index is 548. The van der Waals surface area contributed by atoms with Crippen molar-refractivity contribution in [1.29, 1.82) is 0 Å². The molecule has 1 saturated carbocycles. The van der Waals surface area contributed by atoms with Crippen LogP contribution in [0.1, 0.15) is 109 Å². The number of benzene rings is 1. The van der Waals surface area contributed by atoms with Gasteiger partial charge in [-0.05, 0) is 60.1 Å². The molecule has 1 unspecified atom stereocenters. The Morgan fingerprint density at radius 1 is 1.08 bits per heavy atom. The first-order valence-electron chi connectivity index (χ1n) is 10.2. The molecule has 0 saturated heterocycles. The lowest BCUT2D eigenvalue weighted by atomic mass is 9.69. The molecule has 0 amide bonds. The van der Waals surface area contributed by atoms with Gasteiger partial charge >= 0.3 is 0 Å². The van der Waals surface area contributed by atoms with Crippen LogP contribution in [0.4, 0.5) is 0 Å². The molecule has 1 aromatic carbocycles. The number of rotatable bonds is 7. The van der Waals surface area contributed by atoms with Gasteiger partial charge < -0.3 is 10.2 Å². The van der Waals surface area contributed by atoms with E-state index in [0.717, 1.165) is 30.4 Å². The van der Waals surface area contributed by atoms with E-state index in [1.165, 1.54) is 38.5 Å². The maximum atomic E-state index is 10.7. The molecule has 1 fully saturated rings. The molecule has 0 radical (unpaired) electrons. The van der Waals surface area contributed by atoms with Crippen LogP contribution in [0.25, 0.3) is 0 Å². The Morgan fingerprint density at radius 2 is 1.72 bits per heavy atom. The number of aromatic hydroxyl groups is 2. The van der Waals surface area contributed by atoms with Crippen LogP contribution in [0.15, 0.2) is 12.1 Å². The molecule has 0 aliphatic heterocycles. The van der Waals surface area contributed by atoms with Gasteiger partial charge in [-0.1, -0.05) is 66.7 Å². The van der Waals surface area contributed by atoms with E-state index in [9.17, 15) is 10.2 Å². The third kappa shape index (κ3) is 5.15. The van der Waals surface area contributed by atoms with Gasteiger partial charge in [-0.25, -0.2) is 0 Å². The van der Waals surface area contributed by atoms with Crippen molar-refractivity contribution in [2.24, 2.45) is 5.41 Å². The average molecular weight is 347 g/mol. The quantitative estimate of drug-likeness (QED) is 0.520. The van der Waals surface area contributed by atoms with Crippen LogP contribution in [0.5, 0.6) is 11.5 Å². The van der Waals surface area contributed by atoms with Crippen molar-refractivity contribution in [3.63, 3.8) is 0 Å². The zero-order valence-electron chi connectivity index (χ0n) is 17.0. The summed E-state index contributed by atoms with van der Waals surface area (Å²) in [5.74, 6) is 0.851. The SMILES string of the molecule is CCCCCCC(C)(C)c1cc(O)c(C2CCCC(C)(C)C2)c(O)c1. The summed E-state index contributed by atoms with van der Waals surface area (Å²) in [5, 5.41) is 21.4. The molecule has 0 bridgehead atoms. The predicted molar refractivity (Wildman–Crippen MR) is 107 cm³/mol. The molecule has 2 rings (SSSR count). The summed E-state index contributed by atoms with van der Waals surface area (Å²) in [6.07, 6.45) is 10.6. The van der Waals surface area contributed by atoms with Crippen molar-refractivity contribution in [2.45, 2.75) is 104 Å². The number of hydrogen-bond acceptors (Lipinski definition) is 2. The first kappa shape index (κ1) is 20.1. The van der Waals surface area contributed by atoms with Gasteiger partial charge in [0, 0.05) is 5.56 Å². The minimum atomic E-state index is -0.0208. The fraction of sp³-hybridized carbons (Fsp3) is 0.739.